The lowest BCUT2D eigenvalue weighted by molar-refractivity contribution is -0.131. The molecule has 4 aromatic rings. The van der Waals surface area contributed by atoms with Gasteiger partial charge >= 0.3 is 0 Å². The zero-order chi connectivity index (χ0) is 22.8. The number of nitrogens with zero attached hydrogens (tertiary/aromatic N) is 5. The molecule has 166 valence electrons. The van der Waals surface area contributed by atoms with Crippen molar-refractivity contribution in [3.05, 3.63) is 70.5 Å². The lowest BCUT2D eigenvalue weighted by atomic mass is 10.2. The standard InChI is InChI=1S/C24H27N5O2S/c1-16(2)28(17(3)4)21(30)15-32-24-26-25-23-27(14-18-10-6-5-7-11-18)22(31)19-12-8-9-13-20(19)29(23)24/h5-13,16-17H,14-15H2,1-4H3. The van der Waals surface area contributed by atoms with Crippen molar-refractivity contribution < 1.29 is 4.79 Å². The number of aromatic nitrogens is 4. The molecule has 0 spiro atoms. The summed E-state index contributed by atoms with van der Waals surface area (Å²) in [6.45, 7) is 8.47. The highest BCUT2D eigenvalue weighted by molar-refractivity contribution is 7.99. The molecule has 4 rings (SSSR count). The van der Waals surface area contributed by atoms with Crippen molar-refractivity contribution in [3.8, 4) is 0 Å². The van der Waals surface area contributed by atoms with Gasteiger partial charge in [-0.25, -0.2) is 0 Å². The third-order valence-electron chi connectivity index (χ3n) is 5.39. The van der Waals surface area contributed by atoms with Crippen molar-refractivity contribution in [2.24, 2.45) is 0 Å². The molecule has 0 fully saturated rings. The first-order valence-corrected chi connectivity index (χ1v) is 11.7. The molecule has 0 N–H and O–H groups in total. The summed E-state index contributed by atoms with van der Waals surface area (Å²) in [7, 11) is 0. The molecule has 0 aliphatic carbocycles. The summed E-state index contributed by atoms with van der Waals surface area (Å²) in [5, 5.41) is 9.89. The summed E-state index contributed by atoms with van der Waals surface area (Å²) in [5.41, 5.74) is 1.63. The fourth-order valence-electron chi connectivity index (χ4n) is 4.11. The average Bonchev–Trinajstić information content (AvgIpc) is 3.19. The number of thioether (sulfide) groups is 1. The van der Waals surface area contributed by atoms with Gasteiger partial charge in [-0.2, -0.15) is 0 Å². The average molecular weight is 450 g/mol. The number of rotatable bonds is 7. The molecule has 7 nitrogen and oxygen atoms in total. The first kappa shape index (κ1) is 22.1. The Kier molecular flexibility index (Phi) is 6.32. The number of amides is 1. The number of carbonyl (C=O) groups is 1. The Labute approximate surface area is 191 Å². The normalized spacial score (nSPS) is 11.7. The Morgan fingerprint density at radius 3 is 2.31 bits per heavy atom. The highest BCUT2D eigenvalue weighted by Crippen LogP contribution is 2.23. The molecular weight excluding hydrogens is 422 g/mol. The third-order valence-corrected chi connectivity index (χ3v) is 6.30. The van der Waals surface area contributed by atoms with Gasteiger partial charge in [-0.05, 0) is 45.4 Å². The maximum absolute atomic E-state index is 13.3. The van der Waals surface area contributed by atoms with E-state index in [-0.39, 0.29) is 29.3 Å². The minimum atomic E-state index is -0.109. The molecule has 0 atom stereocenters. The molecule has 1 amide bonds. The zero-order valence-corrected chi connectivity index (χ0v) is 19.5. The molecule has 0 unspecified atom stereocenters. The van der Waals surface area contributed by atoms with Crippen LogP contribution in [0.15, 0.2) is 64.5 Å². The van der Waals surface area contributed by atoms with Crippen molar-refractivity contribution in [1.82, 2.24) is 24.1 Å². The monoisotopic (exact) mass is 449 g/mol. The Bertz CT molecular complexity index is 1300. The number of para-hydroxylation sites is 1. The van der Waals surface area contributed by atoms with Crippen molar-refractivity contribution in [2.75, 3.05) is 5.75 Å². The maximum Gasteiger partial charge on any atom is 0.263 e. The number of fused-ring (bicyclic) bond motifs is 3. The molecule has 0 aliphatic rings. The van der Waals surface area contributed by atoms with Gasteiger partial charge in [-0.1, -0.05) is 54.2 Å². The van der Waals surface area contributed by atoms with Gasteiger partial charge in [0.25, 0.3) is 5.56 Å². The quantitative estimate of drug-likeness (QED) is 0.401. The van der Waals surface area contributed by atoms with Crippen LogP contribution in [0.25, 0.3) is 16.7 Å². The fourth-order valence-corrected chi connectivity index (χ4v) is 4.92. The fraction of sp³-hybridized carbons (Fsp3) is 0.333. The second-order valence-corrected chi connectivity index (χ2v) is 9.23. The van der Waals surface area contributed by atoms with Gasteiger partial charge in [0.05, 0.1) is 23.2 Å². The minimum Gasteiger partial charge on any atom is -0.337 e. The Morgan fingerprint density at radius 1 is 0.969 bits per heavy atom. The molecule has 8 heteroatoms. The van der Waals surface area contributed by atoms with Crippen LogP contribution >= 0.6 is 11.8 Å². The van der Waals surface area contributed by atoms with E-state index < -0.39 is 0 Å². The predicted octanol–water partition coefficient (Wildman–Crippen LogP) is 3.83. The van der Waals surface area contributed by atoms with Crippen LogP contribution in [0.4, 0.5) is 0 Å². The van der Waals surface area contributed by atoms with Crippen LogP contribution in [-0.4, -0.2) is 47.8 Å². The van der Waals surface area contributed by atoms with Crippen LogP contribution in [0.5, 0.6) is 0 Å². The number of benzene rings is 2. The molecule has 0 saturated carbocycles. The molecule has 32 heavy (non-hydrogen) atoms. The Hall–Kier alpha value is -3.13. The minimum absolute atomic E-state index is 0.0543. The van der Waals surface area contributed by atoms with Crippen LogP contribution < -0.4 is 5.56 Å². The molecular formula is C24H27N5O2S. The van der Waals surface area contributed by atoms with Gasteiger partial charge < -0.3 is 4.90 Å². The van der Waals surface area contributed by atoms with Gasteiger partial charge in [0.1, 0.15) is 0 Å². The predicted molar refractivity (Wildman–Crippen MR) is 128 cm³/mol. The van der Waals surface area contributed by atoms with Gasteiger partial charge in [0.15, 0.2) is 5.16 Å². The van der Waals surface area contributed by atoms with E-state index in [0.717, 1.165) is 11.1 Å². The molecule has 0 bridgehead atoms. The molecule has 2 heterocycles. The van der Waals surface area contributed by atoms with Crippen LogP contribution in [0, 0.1) is 0 Å². The second kappa shape index (κ2) is 9.16. The molecule has 2 aromatic heterocycles. The smallest absolute Gasteiger partial charge is 0.263 e. The van der Waals surface area contributed by atoms with Crippen molar-refractivity contribution in [3.63, 3.8) is 0 Å². The largest absolute Gasteiger partial charge is 0.337 e. The summed E-state index contributed by atoms with van der Waals surface area (Å²) in [6.07, 6.45) is 0. The summed E-state index contributed by atoms with van der Waals surface area (Å²) in [6, 6.07) is 17.5. The first-order valence-electron chi connectivity index (χ1n) is 10.7. The summed E-state index contributed by atoms with van der Waals surface area (Å²) < 4.78 is 3.53. The van der Waals surface area contributed by atoms with Gasteiger partial charge in [-0.3, -0.25) is 18.6 Å². The second-order valence-electron chi connectivity index (χ2n) is 8.29. The number of hydrogen-bond acceptors (Lipinski definition) is 5. The van der Waals surface area contributed by atoms with Crippen LogP contribution in [0.3, 0.4) is 0 Å². The van der Waals surface area contributed by atoms with E-state index in [2.05, 4.69) is 10.2 Å². The van der Waals surface area contributed by atoms with Gasteiger partial charge in [0, 0.05) is 12.1 Å². The number of hydrogen-bond donors (Lipinski definition) is 0. The number of carbonyl (C=O) groups excluding carboxylic acids is 1. The SMILES string of the molecule is CC(C)N(C(=O)CSc1nnc2n(Cc3ccccc3)c(=O)c3ccccc3n12)C(C)C. The summed E-state index contributed by atoms with van der Waals surface area (Å²) in [5.74, 6) is 0.777. The van der Waals surface area contributed by atoms with Crippen LogP contribution in [0.1, 0.15) is 33.3 Å². The van der Waals surface area contributed by atoms with E-state index >= 15 is 0 Å². The van der Waals surface area contributed by atoms with E-state index in [1.54, 1.807) is 4.57 Å². The molecule has 0 radical (unpaired) electrons. The van der Waals surface area contributed by atoms with E-state index in [9.17, 15) is 9.59 Å². The van der Waals surface area contributed by atoms with Gasteiger partial charge in [-0.15, -0.1) is 10.2 Å². The lowest BCUT2D eigenvalue weighted by Gasteiger charge is -2.30. The topological polar surface area (TPSA) is 72.5 Å². The Morgan fingerprint density at radius 2 is 1.62 bits per heavy atom. The van der Waals surface area contributed by atoms with E-state index in [4.69, 9.17) is 0 Å². The lowest BCUT2D eigenvalue weighted by Crippen LogP contribution is -2.43. The molecule has 0 aliphatic heterocycles. The van der Waals surface area contributed by atoms with E-state index in [1.165, 1.54) is 11.8 Å². The molecule has 2 aromatic carbocycles. The van der Waals surface area contributed by atoms with Crippen molar-refractivity contribution in [1.29, 1.82) is 0 Å². The van der Waals surface area contributed by atoms with Crippen molar-refractivity contribution >= 4 is 34.3 Å². The Balaban J connectivity index is 1.77. The van der Waals surface area contributed by atoms with Crippen LogP contribution in [0.2, 0.25) is 0 Å². The first-order chi connectivity index (χ1) is 15.4. The highest BCUT2D eigenvalue weighted by Gasteiger charge is 2.22. The van der Waals surface area contributed by atoms with Crippen LogP contribution in [-0.2, 0) is 11.3 Å². The summed E-state index contributed by atoms with van der Waals surface area (Å²) in [4.78, 5) is 28.0. The van der Waals surface area contributed by atoms with E-state index in [0.29, 0.717) is 22.9 Å². The van der Waals surface area contributed by atoms with Gasteiger partial charge in [0.2, 0.25) is 11.7 Å². The highest BCUT2D eigenvalue weighted by atomic mass is 32.2. The van der Waals surface area contributed by atoms with Crippen molar-refractivity contribution in [2.45, 2.75) is 51.5 Å². The van der Waals surface area contributed by atoms with E-state index in [1.807, 2.05) is 91.6 Å². The summed E-state index contributed by atoms with van der Waals surface area (Å²) >= 11 is 1.35. The zero-order valence-electron chi connectivity index (χ0n) is 18.7. The molecule has 0 saturated heterocycles. The third kappa shape index (κ3) is 4.14. The maximum atomic E-state index is 13.3.